The SMILES string of the molecule is Clc1cc2[nH]c(-c3cccc(Nc4ccc(-c5ncccn5)cc4)c3)nc2cn1. The molecule has 5 rings (SSSR count). The molecule has 140 valence electrons. The Morgan fingerprint density at radius 3 is 2.45 bits per heavy atom. The molecule has 0 amide bonds. The Balaban J connectivity index is 1.39. The molecular weight excluding hydrogens is 384 g/mol. The summed E-state index contributed by atoms with van der Waals surface area (Å²) in [6.07, 6.45) is 5.14. The molecule has 0 atom stereocenters. The number of H-pyrrole nitrogens is 1. The molecule has 0 saturated heterocycles. The first-order chi connectivity index (χ1) is 14.2. The molecule has 3 aromatic heterocycles. The summed E-state index contributed by atoms with van der Waals surface area (Å²) in [4.78, 5) is 20.5. The van der Waals surface area contributed by atoms with Gasteiger partial charge in [-0.05, 0) is 42.5 Å². The number of halogens is 1. The van der Waals surface area contributed by atoms with Crippen LogP contribution in [-0.4, -0.2) is 24.9 Å². The number of benzene rings is 2. The minimum Gasteiger partial charge on any atom is -0.356 e. The number of nitrogens with one attached hydrogen (secondary N) is 2. The molecule has 0 aliphatic heterocycles. The summed E-state index contributed by atoms with van der Waals surface area (Å²) in [5, 5.41) is 3.86. The molecule has 3 heterocycles. The Morgan fingerprint density at radius 1 is 0.793 bits per heavy atom. The van der Waals surface area contributed by atoms with Gasteiger partial charge < -0.3 is 10.3 Å². The molecule has 6 nitrogen and oxygen atoms in total. The fourth-order valence-electron chi connectivity index (χ4n) is 3.09. The summed E-state index contributed by atoms with van der Waals surface area (Å²) in [5.41, 5.74) is 5.51. The number of hydrogen-bond acceptors (Lipinski definition) is 5. The highest BCUT2D eigenvalue weighted by atomic mass is 35.5. The van der Waals surface area contributed by atoms with E-state index in [0.29, 0.717) is 11.0 Å². The van der Waals surface area contributed by atoms with Crippen LogP contribution < -0.4 is 5.32 Å². The van der Waals surface area contributed by atoms with Gasteiger partial charge >= 0.3 is 0 Å². The van der Waals surface area contributed by atoms with Crippen LogP contribution in [0.2, 0.25) is 5.15 Å². The van der Waals surface area contributed by atoms with E-state index >= 15 is 0 Å². The van der Waals surface area contributed by atoms with Crippen LogP contribution in [0.5, 0.6) is 0 Å². The molecule has 29 heavy (non-hydrogen) atoms. The molecule has 0 bridgehead atoms. The van der Waals surface area contributed by atoms with Gasteiger partial charge in [-0.3, -0.25) is 0 Å². The zero-order valence-electron chi connectivity index (χ0n) is 15.2. The van der Waals surface area contributed by atoms with Crippen LogP contribution in [0.3, 0.4) is 0 Å². The van der Waals surface area contributed by atoms with Crippen molar-refractivity contribution < 1.29 is 0 Å². The van der Waals surface area contributed by atoms with Crippen molar-refractivity contribution in [2.24, 2.45) is 0 Å². The zero-order chi connectivity index (χ0) is 19.6. The van der Waals surface area contributed by atoms with Gasteiger partial charge in [0.05, 0.1) is 11.7 Å². The van der Waals surface area contributed by atoms with Gasteiger partial charge in [-0.25, -0.2) is 19.9 Å². The van der Waals surface area contributed by atoms with Crippen molar-refractivity contribution in [2.45, 2.75) is 0 Å². The maximum Gasteiger partial charge on any atom is 0.159 e. The number of imidazole rings is 1. The average Bonchev–Trinajstić information content (AvgIpc) is 3.18. The second-order valence-electron chi connectivity index (χ2n) is 6.47. The van der Waals surface area contributed by atoms with E-state index in [4.69, 9.17) is 11.6 Å². The van der Waals surface area contributed by atoms with Crippen molar-refractivity contribution in [3.8, 4) is 22.8 Å². The van der Waals surface area contributed by atoms with Crippen LogP contribution in [0.4, 0.5) is 11.4 Å². The van der Waals surface area contributed by atoms with Crippen molar-refractivity contribution in [3.63, 3.8) is 0 Å². The second kappa shape index (κ2) is 7.33. The summed E-state index contributed by atoms with van der Waals surface area (Å²) < 4.78 is 0. The van der Waals surface area contributed by atoms with E-state index in [2.05, 4.69) is 30.2 Å². The van der Waals surface area contributed by atoms with Gasteiger partial charge in [-0.2, -0.15) is 0 Å². The summed E-state index contributed by atoms with van der Waals surface area (Å²) in [7, 11) is 0. The lowest BCUT2D eigenvalue weighted by Crippen LogP contribution is -1.92. The standard InChI is InChI=1S/C22H15ClN6/c23-20-12-18-19(13-26-20)29-22(28-18)15-3-1-4-17(11-15)27-16-7-5-14(6-8-16)21-24-9-2-10-25-21/h1-13,27H,(H,28,29). The highest BCUT2D eigenvalue weighted by molar-refractivity contribution is 6.29. The number of aromatic amines is 1. The van der Waals surface area contributed by atoms with E-state index in [0.717, 1.165) is 39.4 Å². The molecule has 0 saturated carbocycles. The summed E-state index contributed by atoms with van der Waals surface area (Å²) in [5.74, 6) is 1.48. The highest BCUT2D eigenvalue weighted by Gasteiger charge is 2.07. The fourth-order valence-corrected chi connectivity index (χ4v) is 3.24. The molecule has 0 aliphatic carbocycles. The summed E-state index contributed by atoms with van der Waals surface area (Å²) >= 11 is 5.96. The molecule has 0 radical (unpaired) electrons. The molecule has 0 fully saturated rings. The van der Waals surface area contributed by atoms with E-state index in [1.807, 2.05) is 48.5 Å². The lowest BCUT2D eigenvalue weighted by Gasteiger charge is -2.08. The summed E-state index contributed by atoms with van der Waals surface area (Å²) in [6, 6.07) is 19.6. The minimum absolute atomic E-state index is 0.437. The van der Waals surface area contributed by atoms with Gasteiger partial charge in [0.2, 0.25) is 0 Å². The monoisotopic (exact) mass is 398 g/mol. The van der Waals surface area contributed by atoms with Crippen molar-refractivity contribution in [2.75, 3.05) is 5.32 Å². The minimum atomic E-state index is 0.437. The molecule has 0 spiro atoms. The predicted molar refractivity (Wildman–Crippen MR) is 115 cm³/mol. The number of anilines is 2. The normalized spacial score (nSPS) is 10.9. The third-order valence-electron chi connectivity index (χ3n) is 4.47. The highest BCUT2D eigenvalue weighted by Crippen LogP contribution is 2.26. The van der Waals surface area contributed by atoms with E-state index in [1.165, 1.54) is 0 Å². The first-order valence-electron chi connectivity index (χ1n) is 9.01. The van der Waals surface area contributed by atoms with Crippen molar-refractivity contribution in [1.29, 1.82) is 0 Å². The maximum atomic E-state index is 5.96. The Hall–Kier alpha value is -3.77. The Bertz CT molecular complexity index is 1280. The Labute approximate surface area is 171 Å². The van der Waals surface area contributed by atoms with Gasteiger partial charge in [0, 0.05) is 41.0 Å². The van der Waals surface area contributed by atoms with E-state index in [1.54, 1.807) is 30.7 Å². The number of pyridine rings is 1. The number of hydrogen-bond donors (Lipinski definition) is 2. The first kappa shape index (κ1) is 17.3. The quantitative estimate of drug-likeness (QED) is 0.392. The van der Waals surface area contributed by atoms with Crippen LogP contribution in [0.1, 0.15) is 0 Å². The van der Waals surface area contributed by atoms with Crippen LogP contribution in [0, 0.1) is 0 Å². The smallest absolute Gasteiger partial charge is 0.159 e. The average molecular weight is 399 g/mol. The number of nitrogens with zero attached hydrogens (tertiary/aromatic N) is 4. The molecule has 7 heteroatoms. The van der Waals surface area contributed by atoms with Gasteiger partial charge in [0.1, 0.15) is 16.5 Å². The third-order valence-corrected chi connectivity index (χ3v) is 4.68. The molecule has 5 aromatic rings. The number of fused-ring (bicyclic) bond motifs is 1. The summed E-state index contributed by atoms with van der Waals surface area (Å²) in [6.45, 7) is 0. The van der Waals surface area contributed by atoms with Crippen LogP contribution in [-0.2, 0) is 0 Å². The lowest BCUT2D eigenvalue weighted by atomic mass is 10.1. The van der Waals surface area contributed by atoms with Gasteiger partial charge in [0.15, 0.2) is 5.82 Å². The molecular formula is C22H15ClN6. The van der Waals surface area contributed by atoms with Crippen molar-refractivity contribution in [1.82, 2.24) is 24.9 Å². The number of rotatable bonds is 4. The van der Waals surface area contributed by atoms with Gasteiger partial charge in [0.25, 0.3) is 0 Å². The first-order valence-corrected chi connectivity index (χ1v) is 9.39. The lowest BCUT2D eigenvalue weighted by molar-refractivity contribution is 1.18. The van der Waals surface area contributed by atoms with E-state index in [9.17, 15) is 0 Å². The van der Waals surface area contributed by atoms with Gasteiger partial charge in [-0.1, -0.05) is 23.7 Å². The Kier molecular flexibility index (Phi) is 4.38. The molecule has 0 aliphatic rings. The largest absolute Gasteiger partial charge is 0.356 e. The second-order valence-corrected chi connectivity index (χ2v) is 6.85. The topological polar surface area (TPSA) is 79.4 Å². The van der Waals surface area contributed by atoms with Crippen LogP contribution in [0.15, 0.2) is 79.3 Å². The van der Waals surface area contributed by atoms with Crippen LogP contribution in [0.25, 0.3) is 33.8 Å². The third kappa shape index (κ3) is 3.66. The predicted octanol–water partition coefficient (Wildman–Crippen LogP) is 5.48. The van der Waals surface area contributed by atoms with Crippen LogP contribution >= 0.6 is 11.6 Å². The van der Waals surface area contributed by atoms with E-state index in [-0.39, 0.29) is 0 Å². The Morgan fingerprint density at radius 2 is 1.62 bits per heavy atom. The van der Waals surface area contributed by atoms with Gasteiger partial charge in [-0.15, -0.1) is 0 Å². The van der Waals surface area contributed by atoms with E-state index < -0.39 is 0 Å². The fraction of sp³-hybridized carbons (Fsp3) is 0. The molecule has 2 aromatic carbocycles. The number of aromatic nitrogens is 5. The molecule has 2 N–H and O–H groups in total. The zero-order valence-corrected chi connectivity index (χ0v) is 15.9. The maximum absolute atomic E-state index is 5.96. The van der Waals surface area contributed by atoms with Crippen molar-refractivity contribution in [3.05, 3.63) is 84.4 Å². The van der Waals surface area contributed by atoms with Crippen molar-refractivity contribution >= 4 is 34.0 Å². The molecule has 0 unspecified atom stereocenters.